The molecule has 0 spiro atoms. The van der Waals surface area contributed by atoms with Gasteiger partial charge in [-0.15, -0.1) is 13.2 Å². The normalized spacial score (nSPS) is 19.0. The molecule has 3 atom stereocenters. The Morgan fingerprint density at radius 2 is 1.55 bits per heavy atom. The number of hydrogen-bond acceptors (Lipinski definition) is 3. The molecular weight excluding hydrogens is 602 g/mol. The highest BCUT2D eigenvalue weighted by Gasteiger charge is 2.49. The lowest BCUT2D eigenvalue weighted by molar-refractivity contribution is -0.274. The van der Waals surface area contributed by atoms with E-state index in [4.69, 9.17) is 11.6 Å². The fourth-order valence-corrected chi connectivity index (χ4v) is 6.16. The van der Waals surface area contributed by atoms with Gasteiger partial charge in [-0.3, -0.25) is 4.90 Å². The molecule has 1 aliphatic rings. The van der Waals surface area contributed by atoms with Crippen LogP contribution < -0.4 is 9.64 Å². The average molecular weight is 636 g/mol. The summed E-state index contributed by atoms with van der Waals surface area (Å²) in [5.74, 6) is -1.61. The molecule has 3 amide bonds. The van der Waals surface area contributed by atoms with Crippen LogP contribution in [0.3, 0.4) is 0 Å². The molecule has 1 fully saturated rings. The molecule has 1 heterocycles. The molecule has 3 aromatic carbocycles. The van der Waals surface area contributed by atoms with Gasteiger partial charge in [0, 0.05) is 43.7 Å². The Hall–Kier alpha value is -3.99. The first-order valence-corrected chi connectivity index (χ1v) is 14.3. The van der Waals surface area contributed by atoms with E-state index in [0.717, 1.165) is 11.0 Å². The molecule has 0 bridgehead atoms. The maximum atomic E-state index is 14.1. The molecule has 44 heavy (non-hydrogen) atoms. The van der Waals surface area contributed by atoms with Gasteiger partial charge in [0.25, 0.3) is 0 Å². The van der Waals surface area contributed by atoms with Crippen molar-refractivity contribution in [2.75, 3.05) is 25.5 Å². The van der Waals surface area contributed by atoms with Gasteiger partial charge >= 0.3 is 18.5 Å². The fourth-order valence-electron chi connectivity index (χ4n) is 6.03. The largest absolute Gasteiger partial charge is 0.573 e. The van der Waals surface area contributed by atoms with Gasteiger partial charge in [0.05, 0.1) is 5.69 Å². The fraction of sp³-hybridized carbons (Fsp3) is 0.375. The number of carbonyl (C=O) groups excluding carboxylic acids is 1. The van der Waals surface area contributed by atoms with Gasteiger partial charge in [-0.1, -0.05) is 62.7 Å². The summed E-state index contributed by atoms with van der Waals surface area (Å²) in [7, 11) is 2.88. The number of carbonyl (C=O) groups is 2. The van der Waals surface area contributed by atoms with Crippen molar-refractivity contribution in [1.29, 1.82) is 0 Å². The molecule has 0 radical (unpaired) electrons. The van der Waals surface area contributed by atoms with Crippen LogP contribution in [0.4, 0.5) is 32.8 Å². The van der Waals surface area contributed by atoms with E-state index in [-0.39, 0.29) is 18.7 Å². The third-order valence-electron chi connectivity index (χ3n) is 7.95. The summed E-state index contributed by atoms with van der Waals surface area (Å²) in [5, 5.41) is 10.6. The summed E-state index contributed by atoms with van der Waals surface area (Å²) in [4.78, 5) is 30.2. The van der Waals surface area contributed by atoms with Crippen molar-refractivity contribution in [3.63, 3.8) is 0 Å². The lowest BCUT2D eigenvalue weighted by Crippen LogP contribution is -2.61. The first-order valence-electron chi connectivity index (χ1n) is 13.9. The third kappa shape index (κ3) is 7.20. The molecule has 4 rings (SSSR count). The topological polar surface area (TPSA) is 73.3 Å². The molecule has 236 valence electrons. The summed E-state index contributed by atoms with van der Waals surface area (Å²) < 4.78 is 58.4. The van der Waals surface area contributed by atoms with E-state index in [1.165, 1.54) is 48.2 Å². The Morgan fingerprint density at radius 1 is 0.955 bits per heavy atom. The highest BCUT2D eigenvalue weighted by Crippen LogP contribution is 2.44. The van der Waals surface area contributed by atoms with E-state index in [0.29, 0.717) is 21.7 Å². The summed E-state index contributed by atoms with van der Waals surface area (Å²) in [6.07, 6.45) is -5.88. The minimum absolute atomic E-state index is 0.120. The molecule has 3 aromatic rings. The number of halogens is 5. The number of nitrogens with zero attached hydrogens (tertiary/aromatic N) is 3. The first kappa shape index (κ1) is 32.9. The molecule has 0 aromatic heterocycles. The van der Waals surface area contributed by atoms with E-state index < -0.39 is 53.5 Å². The Balaban J connectivity index is 1.76. The Labute approximate surface area is 258 Å². The number of piperidine rings is 1. The summed E-state index contributed by atoms with van der Waals surface area (Å²) in [6, 6.07) is 14.6. The van der Waals surface area contributed by atoms with Crippen molar-refractivity contribution < 1.29 is 37.0 Å². The molecule has 12 heteroatoms. The van der Waals surface area contributed by atoms with Crippen LogP contribution in [0, 0.1) is 11.2 Å². The van der Waals surface area contributed by atoms with E-state index in [1.807, 2.05) is 20.8 Å². The van der Waals surface area contributed by atoms with Crippen LogP contribution in [0.1, 0.15) is 38.7 Å². The van der Waals surface area contributed by atoms with Gasteiger partial charge in [-0.25, -0.2) is 14.0 Å². The maximum absolute atomic E-state index is 14.1. The van der Waals surface area contributed by atoms with Crippen molar-refractivity contribution in [2.24, 2.45) is 5.41 Å². The van der Waals surface area contributed by atoms with Crippen LogP contribution in [0.15, 0.2) is 66.7 Å². The molecular formula is C32H34ClF4N3O4. The molecule has 1 aliphatic heterocycles. The van der Waals surface area contributed by atoms with Gasteiger partial charge in [0.1, 0.15) is 5.82 Å². The van der Waals surface area contributed by atoms with Crippen molar-refractivity contribution in [3.8, 4) is 16.9 Å². The van der Waals surface area contributed by atoms with Gasteiger partial charge < -0.3 is 19.6 Å². The molecule has 1 saturated heterocycles. The second-order valence-corrected chi connectivity index (χ2v) is 12.3. The Morgan fingerprint density at radius 3 is 2.09 bits per heavy atom. The standard InChI is InChI=1S/C32H34ClF4N3O4/c1-31(2,3)28-27(20-8-13-23(34)14-9-20)24(16-17-40(28)30(42)43)38(4)29(41)39(5)25-18-21(19-6-11-22(33)12-7-19)10-15-26(25)44-32(35,36)37/h6-15,18,24,27-28H,16-17H2,1-5H3,(H,42,43)/t24-,27-,28?/m1/s1. The SMILES string of the molecule is CN(C(=O)N(C)[C@@H]1CCN(C(=O)O)C(C(C)(C)C)[C@@H]1c1ccc(F)cc1)c1cc(-c2ccc(Cl)cc2)ccc1OC(F)(F)F. The van der Waals surface area contributed by atoms with Crippen molar-refractivity contribution in [3.05, 3.63) is 83.1 Å². The number of anilines is 1. The molecule has 7 nitrogen and oxygen atoms in total. The van der Waals surface area contributed by atoms with Crippen molar-refractivity contribution >= 4 is 29.4 Å². The number of hydrogen-bond donors (Lipinski definition) is 1. The Kier molecular flexibility index (Phi) is 9.39. The van der Waals surface area contributed by atoms with E-state index >= 15 is 0 Å². The van der Waals surface area contributed by atoms with Crippen LogP contribution in [-0.2, 0) is 0 Å². The van der Waals surface area contributed by atoms with Crippen molar-refractivity contribution in [2.45, 2.75) is 51.6 Å². The van der Waals surface area contributed by atoms with Crippen LogP contribution in [0.2, 0.25) is 5.02 Å². The van der Waals surface area contributed by atoms with Crippen LogP contribution in [0.5, 0.6) is 5.75 Å². The van der Waals surface area contributed by atoms with Gasteiger partial charge in [-0.05, 0) is 64.9 Å². The predicted molar refractivity (Wildman–Crippen MR) is 161 cm³/mol. The quantitative estimate of drug-likeness (QED) is 0.285. The zero-order valence-corrected chi connectivity index (χ0v) is 25.7. The number of amides is 3. The van der Waals surface area contributed by atoms with E-state index in [1.54, 1.807) is 36.4 Å². The number of alkyl halides is 3. The number of likely N-dealkylation sites (tertiary alicyclic amines) is 1. The van der Waals surface area contributed by atoms with Gasteiger partial charge in [0.15, 0.2) is 5.75 Å². The second-order valence-electron chi connectivity index (χ2n) is 11.9. The highest BCUT2D eigenvalue weighted by molar-refractivity contribution is 6.30. The third-order valence-corrected chi connectivity index (χ3v) is 8.21. The summed E-state index contributed by atoms with van der Waals surface area (Å²) >= 11 is 6.00. The molecule has 0 aliphatic carbocycles. The zero-order valence-electron chi connectivity index (χ0n) is 24.9. The first-order chi connectivity index (χ1) is 20.5. The van der Waals surface area contributed by atoms with E-state index in [2.05, 4.69) is 4.74 Å². The Bertz CT molecular complexity index is 1490. The summed E-state index contributed by atoms with van der Waals surface area (Å²) in [6.45, 7) is 5.80. The predicted octanol–water partition coefficient (Wildman–Crippen LogP) is 8.48. The zero-order chi connectivity index (χ0) is 32.6. The number of benzene rings is 3. The van der Waals surface area contributed by atoms with Crippen LogP contribution >= 0.6 is 11.6 Å². The highest BCUT2D eigenvalue weighted by atomic mass is 35.5. The lowest BCUT2D eigenvalue weighted by Gasteiger charge is -2.52. The molecule has 0 saturated carbocycles. The van der Waals surface area contributed by atoms with E-state index in [9.17, 15) is 32.3 Å². The van der Waals surface area contributed by atoms with Gasteiger partial charge in [-0.2, -0.15) is 0 Å². The number of urea groups is 1. The second kappa shape index (κ2) is 12.6. The van der Waals surface area contributed by atoms with Crippen molar-refractivity contribution in [1.82, 2.24) is 9.80 Å². The van der Waals surface area contributed by atoms with Crippen LogP contribution in [0.25, 0.3) is 11.1 Å². The summed E-state index contributed by atoms with van der Waals surface area (Å²) in [5.41, 5.74) is 1.11. The maximum Gasteiger partial charge on any atom is 0.573 e. The minimum atomic E-state index is -5.01. The van der Waals surface area contributed by atoms with Gasteiger partial charge in [0.2, 0.25) is 0 Å². The number of rotatable bonds is 5. The molecule has 1 N–H and O–H groups in total. The number of carboxylic acid groups (broad SMARTS) is 1. The monoisotopic (exact) mass is 635 g/mol. The molecule has 1 unspecified atom stereocenters. The smallest absolute Gasteiger partial charge is 0.465 e. The lowest BCUT2D eigenvalue weighted by atomic mass is 9.69. The number of likely N-dealkylation sites (N-methyl/N-ethyl adjacent to an activating group) is 1. The average Bonchev–Trinajstić information content (AvgIpc) is 2.95. The minimum Gasteiger partial charge on any atom is -0.465 e. The van der Waals surface area contributed by atoms with Crippen LogP contribution in [-0.4, -0.2) is 66.1 Å². The number of ether oxygens (including phenoxy) is 1.